The third-order valence-electron chi connectivity index (χ3n) is 4.22. The summed E-state index contributed by atoms with van der Waals surface area (Å²) in [4.78, 5) is 5.47. The summed E-state index contributed by atoms with van der Waals surface area (Å²) in [5, 5.41) is 0. The molecule has 17 heavy (non-hydrogen) atoms. The Kier molecular flexibility index (Phi) is 3.60. The monoisotopic (exact) mass is 252 g/mol. The van der Waals surface area contributed by atoms with E-state index in [4.69, 9.17) is 5.73 Å². The average molecular weight is 252 g/mol. The molecule has 1 aliphatic carbocycles. The van der Waals surface area contributed by atoms with Crippen LogP contribution in [0.15, 0.2) is 11.7 Å². The van der Waals surface area contributed by atoms with Crippen LogP contribution in [0.4, 0.5) is 0 Å². The number of aromatic nitrogens is 1. The Balaban J connectivity index is 1.93. The van der Waals surface area contributed by atoms with Crippen molar-refractivity contribution < 1.29 is 0 Å². The van der Waals surface area contributed by atoms with Crippen LogP contribution in [0.1, 0.15) is 51.3 Å². The third kappa shape index (κ3) is 3.29. The van der Waals surface area contributed by atoms with Crippen molar-refractivity contribution in [1.29, 1.82) is 0 Å². The van der Waals surface area contributed by atoms with E-state index in [0.717, 1.165) is 25.2 Å². The number of thiazole rings is 1. The summed E-state index contributed by atoms with van der Waals surface area (Å²) < 4.78 is 0. The molecular formula is C14H24N2S. The van der Waals surface area contributed by atoms with Crippen LogP contribution < -0.4 is 5.73 Å². The van der Waals surface area contributed by atoms with E-state index < -0.39 is 0 Å². The normalized spacial score (nSPS) is 30.5. The van der Waals surface area contributed by atoms with Gasteiger partial charge in [0.05, 0.1) is 5.51 Å². The number of nitrogens with zero attached hydrogens (tertiary/aromatic N) is 1. The van der Waals surface area contributed by atoms with Crippen molar-refractivity contribution in [3.63, 3.8) is 0 Å². The van der Waals surface area contributed by atoms with E-state index in [2.05, 4.69) is 25.8 Å². The Labute approximate surface area is 109 Å². The van der Waals surface area contributed by atoms with Gasteiger partial charge < -0.3 is 5.73 Å². The second-order valence-corrected chi connectivity index (χ2v) is 7.62. The molecule has 2 rings (SSSR count). The van der Waals surface area contributed by atoms with Crippen molar-refractivity contribution in [2.75, 3.05) is 0 Å². The number of hydrogen-bond acceptors (Lipinski definition) is 3. The number of nitrogens with two attached hydrogens (primary N) is 1. The van der Waals surface area contributed by atoms with Crippen LogP contribution in [0.3, 0.4) is 0 Å². The first-order valence-electron chi connectivity index (χ1n) is 6.55. The lowest BCUT2D eigenvalue weighted by atomic mass is 9.67. The van der Waals surface area contributed by atoms with Gasteiger partial charge in [0.15, 0.2) is 0 Å². The van der Waals surface area contributed by atoms with Crippen molar-refractivity contribution in [2.24, 2.45) is 17.1 Å². The summed E-state index contributed by atoms with van der Waals surface area (Å²) in [6.45, 7) is 7.05. The van der Waals surface area contributed by atoms with Crippen LogP contribution in [0, 0.1) is 11.3 Å². The van der Waals surface area contributed by atoms with E-state index in [9.17, 15) is 0 Å². The highest BCUT2D eigenvalue weighted by Gasteiger charge is 2.36. The van der Waals surface area contributed by atoms with Crippen molar-refractivity contribution in [3.8, 4) is 0 Å². The zero-order valence-corrected chi connectivity index (χ0v) is 12.0. The van der Waals surface area contributed by atoms with Gasteiger partial charge in [0.2, 0.25) is 0 Å². The summed E-state index contributed by atoms with van der Waals surface area (Å²) in [6, 6.07) is 0. The maximum atomic E-state index is 6.53. The van der Waals surface area contributed by atoms with E-state index in [1.165, 1.54) is 17.7 Å². The maximum Gasteiger partial charge on any atom is 0.0794 e. The van der Waals surface area contributed by atoms with Crippen molar-refractivity contribution in [3.05, 3.63) is 16.6 Å². The number of rotatable bonds is 2. The van der Waals surface area contributed by atoms with Gasteiger partial charge >= 0.3 is 0 Å². The minimum Gasteiger partial charge on any atom is -0.325 e. The lowest BCUT2D eigenvalue weighted by Gasteiger charge is -2.42. The molecule has 0 aliphatic heterocycles. The van der Waals surface area contributed by atoms with E-state index in [-0.39, 0.29) is 5.54 Å². The molecule has 1 aliphatic rings. The first-order chi connectivity index (χ1) is 7.89. The zero-order chi connectivity index (χ0) is 12.5. The SMILES string of the molecule is CC(C)(C)C1CCC(N)(Cc2cncs2)CC1. The number of hydrogen-bond donors (Lipinski definition) is 1. The molecule has 0 unspecified atom stereocenters. The molecule has 96 valence electrons. The molecule has 2 N–H and O–H groups in total. The van der Waals surface area contributed by atoms with Gasteiger partial charge in [0.1, 0.15) is 0 Å². The van der Waals surface area contributed by atoms with Gasteiger partial charge in [0, 0.05) is 23.0 Å². The summed E-state index contributed by atoms with van der Waals surface area (Å²) in [6.07, 6.45) is 7.85. The summed E-state index contributed by atoms with van der Waals surface area (Å²) in [5.41, 5.74) is 8.90. The van der Waals surface area contributed by atoms with Gasteiger partial charge in [-0.25, -0.2) is 0 Å². The molecule has 0 atom stereocenters. The predicted octanol–water partition coefficient (Wildman–Crippen LogP) is 3.62. The highest BCUT2D eigenvalue weighted by atomic mass is 32.1. The van der Waals surface area contributed by atoms with Crippen LogP contribution in [0.2, 0.25) is 0 Å². The molecule has 0 radical (unpaired) electrons. The zero-order valence-electron chi connectivity index (χ0n) is 11.2. The van der Waals surface area contributed by atoms with Crippen LogP contribution in [-0.2, 0) is 6.42 Å². The standard InChI is InChI=1S/C14H24N2S/c1-13(2,3)11-4-6-14(15,7-5-11)8-12-9-16-10-17-12/h9-11H,4-8,15H2,1-3H3. The molecule has 0 saturated heterocycles. The topological polar surface area (TPSA) is 38.9 Å². The van der Waals surface area contributed by atoms with Crippen molar-refractivity contribution in [2.45, 2.75) is 58.4 Å². The lowest BCUT2D eigenvalue weighted by molar-refractivity contribution is 0.134. The Morgan fingerprint density at radius 2 is 2.06 bits per heavy atom. The van der Waals surface area contributed by atoms with Crippen LogP contribution >= 0.6 is 11.3 Å². The molecule has 2 nitrogen and oxygen atoms in total. The van der Waals surface area contributed by atoms with Gasteiger partial charge in [0.25, 0.3) is 0 Å². The molecular weight excluding hydrogens is 228 g/mol. The van der Waals surface area contributed by atoms with Gasteiger partial charge in [-0.2, -0.15) is 0 Å². The predicted molar refractivity (Wildman–Crippen MR) is 74.1 cm³/mol. The lowest BCUT2D eigenvalue weighted by Crippen LogP contribution is -2.46. The minimum absolute atomic E-state index is 0.0221. The molecule has 1 heterocycles. The summed E-state index contributed by atoms with van der Waals surface area (Å²) in [5.74, 6) is 0.834. The fourth-order valence-electron chi connectivity index (χ4n) is 2.91. The molecule has 1 aromatic rings. The molecule has 0 aromatic carbocycles. The smallest absolute Gasteiger partial charge is 0.0794 e. The maximum absolute atomic E-state index is 6.53. The average Bonchev–Trinajstić information content (AvgIpc) is 2.68. The molecule has 0 bridgehead atoms. The van der Waals surface area contributed by atoms with E-state index in [1.807, 2.05) is 11.7 Å². The Morgan fingerprint density at radius 3 is 2.53 bits per heavy atom. The molecule has 1 aromatic heterocycles. The first-order valence-corrected chi connectivity index (χ1v) is 7.43. The van der Waals surface area contributed by atoms with Gasteiger partial charge in [-0.05, 0) is 37.0 Å². The molecule has 0 amide bonds. The minimum atomic E-state index is 0.0221. The van der Waals surface area contributed by atoms with E-state index in [1.54, 1.807) is 11.3 Å². The van der Waals surface area contributed by atoms with Crippen LogP contribution in [0.25, 0.3) is 0 Å². The fourth-order valence-corrected chi connectivity index (χ4v) is 3.66. The van der Waals surface area contributed by atoms with Crippen LogP contribution in [-0.4, -0.2) is 10.5 Å². The second-order valence-electron chi connectivity index (χ2n) is 6.65. The Morgan fingerprint density at radius 1 is 1.41 bits per heavy atom. The highest BCUT2D eigenvalue weighted by Crippen LogP contribution is 2.41. The summed E-state index contributed by atoms with van der Waals surface area (Å²) >= 11 is 1.73. The third-order valence-corrected chi connectivity index (χ3v) is 5.00. The Hall–Kier alpha value is -0.410. The summed E-state index contributed by atoms with van der Waals surface area (Å²) in [7, 11) is 0. The van der Waals surface area contributed by atoms with Crippen molar-refractivity contribution >= 4 is 11.3 Å². The van der Waals surface area contributed by atoms with E-state index in [0.29, 0.717) is 5.41 Å². The largest absolute Gasteiger partial charge is 0.325 e. The molecule has 1 saturated carbocycles. The van der Waals surface area contributed by atoms with Crippen molar-refractivity contribution in [1.82, 2.24) is 4.98 Å². The van der Waals surface area contributed by atoms with E-state index >= 15 is 0 Å². The van der Waals surface area contributed by atoms with Gasteiger partial charge in [-0.1, -0.05) is 20.8 Å². The fraction of sp³-hybridized carbons (Fsp3) is 0.786. The Bertz CT molecular complexity index is 343. The molecule has 3 heteroatoms. The molecule has 0 spiro atoms. The second kappa shape index (κ2) is 4.69. The first kappa shape index (κ1) is 13.0. The van der Waals surface area contributed by atoms with Gasteiger partial charge in [-0.15, -0.1) is 11.3 Å². The molecule has 1 fully saturated rings. The van der Waals surface area contributed by atoms with Gasteiger partial charge in [-0.3, -0.25) is 4.98 Å². The van der Waals surface area contributed by atoms with Crippen LogP contribution in [0.5, 0.6) is 0 Å². The highest BCUT2D eigenvalue weighted by molar-refractivity contribution is 7.09. The quantitative estimate of drug-likeness (QED) is 0.873.